The summed E-state index contributed by atoms with van der Waals surface area (Å²) in [5.74, 6) is 0. The Morgan fingerprint density at radius 2 is 1.86 bits per heavy atom. The van der Waals surface area contributed by atoms with E-state index in [1.165, 1.54) is 5.57 Å². The van der Waals surface area contributed by atoms with Crippen LogP contribution in [0.5, 0.6) is 0 Å². The van der Waals surface area contributed by atoms with Crippen LogP contribution in [0.2, 0.25) is 0 Å². The predicted octanol–water partition coefficient (Wildman–Crippen LogP) is 4.59. The first kappa shape index (κ1) is 12.7. The van der Waals surface area contributed by atoms with Gasteiger partial charge in [0, 0.05) is 0 Å². The summed E-state index contributed by atoms with van der Waals surface area (Å²) in [4.78, 5) is 0. The summed E-state index contributed by atoms with van der Waals surface area (Å²) < 4.78 is 0. The molecule has 0 heterocycles. The molecule has 0 nitrogen and oxygen atoms in total. The lowest BCUT2D eigenvalue weighted by atomic mass is 10.0. The van der Waals surface area contributed by atoms with Gasteiger partial charge in [0.2, 0.25) is 0 Å². The molecular weight excluding hydrogens is 168 g/mol. The van der Waals surface area contributed by atoms with Crippen molar-refractivity contribution in [3.63, 3.8) is 0 Å². The van der Waals surface area contributed by atoms with Crippen molar-refractivity contribution in [1.82, 2.24) is 0 Å². The standard InChI is InChI=1S/C14H20/c1-6-8-9-14(7-2)13(5)11-10-12(3)4/h6,8-11H,3,5,7H2,1-2,4H3/b8-6-,11-10-,14-9+. The minimum atomic E-state index is 1.00. The molecule has 0 rings (SSSR count). The van der Waals surface area contributed by atoms with E-state index in [-0.39, 0.29) is 0 Å². The molecule has 0 fully saturated rings. The van der Waals surface area contributed by atoms with Crippen LogP contribution in [0.15, 0.2) is 60.3 Å². The molecule has 76 valence electrons. The summed E-state index contributed by atoms with van der Waals surface area (Å²) in [7, 11) is 0. The van der Waals surface area contributed by atoms with E-state index in [1.807, 2.05) is 38.2 Å². The molecule has 0 aliphatic rings. The Morgan fingerprint density at radius 1 is 1.21 bits per heavy atom. The van der Waals surface area contributed by atoms with Crippen molar-refractivity contribution in [1.29, 1.82) is 0 Å². The molecule has 0 aliphatic heterocycles. The molecule has 0 aromatic carbocycles. The molecule has 0 amide bonds. The highest BCUT2D eigenvalue weighted by Crippen LogP contribution is 2.14. The Kier molecular flexibility index (Phi) is 6.47. The van der Waals surface area contributed by atoms with Gasteiger partial charge in [0.25, 0.3) is 0 Å². The van der Waals surface area contributed by atoms with Gasteiger partial charge in [-0.05, 0) is 31.4 Å². The zero-order valence-corrected chi connectivity index (χ0v) is 9.51. The molecular formula is C14H20. The molecule has 0 radical (unpaired) electrons. The zero-order chi connectivity index (χ0) is 11.0. The number of allylic oxidation sites excluding steroid dienone is 8. The van der Waals surface area contributed by atoms with Crippen molar-refractivity contribution in [2.75, 3.05) is 0 Å². The van der Waals surface area contributed by atoms with Crippen LogP contribution < -0.4 is 0 Å². The van der Waals surface area contributed by atoms with Crippen LogP contribution in [0.3, 0.4) is 0 Å². The molecule has 0 saturated heterocycles. The zero-order valence-electron chi connectivity index (χ0n) is 9.51. The van der Waals surface area contributed by atoms with Crippen LogP contribution in [0, 0.1) is 0 Å². The van der Waals surface area contributed by atoms with Gasteiger partial charge >= 0.3 is 0 Å². The van der Waals surface area contributed by atoms with E-state index in [4.69, 9.17) is 0 Å². The Balaban J connectivity index is 4.55. The van der Waals surface area contributed by atoms with Crippen molar-refractivity contribution >= 4 is 0 Å². The van der Waals surface area contributed by atoms with Gasteiger partial charge in [-0.1, -0.05) is 56.0 Å². The van der Waals surface area contributed by atoms with Crippen LogP contribution >= 0.6 is 0 Å². The Morgan fingerprint density at radius 3 is 2.29 bits per heavy atom. The number of hydrogen-bond acceptors (Lipinski definition) is 0. The molecule has 0 aliphatic carbocycles. The third kappa shape index (κ3) is 5.36. The summed E-state index contributed by atoms with van der Waals surface area (Å²) >= 11 is 0. The molecule has 0 bridgehead atoms. The van der Waals surface area contributed by atoms with Gasteiger partial charge in [-0.25, -0.2) is 0 Å². The minimum absolute atomic E-state index is 1.00. The van der Waals surface area contributed by atoms with Gasteiger partial charge in [0.15, 0.2) is 0 Å². The van der Waals surface area contributed by atoms with Crippen molar-refractivity contribution in [2.45, 2.75) is 27.2 Å². The second-order valence-corrected chi connectivity index (χ2v) is 3.28. The lowest BCUT2D eigenvalue weighted by molar-refractivity contribution is 1.13. The number of hydrogen-bond donors (Lipinski definition) is 0. The Labute approximate surface area is 88.0 Å². The molecule has 0 atom stereocenters. The van der Waals surface area contributed by atoms with Crippen LogP contribution in [-0.4, -0.2) is 0 Å². The smallest absolute Gasteiger partial charge is 0.0297 e. The van der Waals surface area contributed by atoms with E-state index in [9.17, 15) is 0 Å². The molecule has 0 spiro atoms. The highest BCUT2D eigenvalue weighted by molar-refractivity contribution is 5.40. The number of rotatable bonds is 5. The molecule has 0 aromatic rings. The maximum Gasteiger partial charge on any atom is -0.0297 e. The van der Waals surface area contributed by atoms with Crippen LogP contribution in [0.4, 0.5) is 0 Å². The average Bonchev–Trinajstić information content (AvgIpc) is 2.16. The van der Waals surface area contributed by atoms with Crippen molar-refractivity contribution in [3.8, 4) is 0 Å². The summed E-state index contributed by atoms with van der Waals surface area (Å²) in [6, 6.07) is 0. The van der Waals surface area contributed by atoms with Crippen LogP contribution in [0.1, 0.15) is 27.2 Å². The summed E-state index contributed by atoms with van der Waals surface area (Å²) in [6.45, 7) is 14.0. The van der Waals surface area contributed by atoms with Gasteiger partial charge in [0.1, 0.15) is 0 Å². The van der Waals surface area contributed by atoms with E-state index in [1.54, 1.807) is 0 Å². The van der Waals surface area contributed by atoms with E-state index in [0.29, 0.717) is 0 Å². The van der Waals surface area contributed by atoms with Crippen LogP contribution in [0.25, 0.3) is 0 Å². The quantitative estimate of drug-likeness (QED) is 0.554. The van der Waals surface area contributed by atoms with Gasteiger partial charge < -0.3 is 0 Å². The molecule has 0 N–H and O–H groups in total. The summed E-state index contributed by atoms with van der Waals surface area (Å²) in [5, 5.41) is 0. The summed E-state index contributed by atoms with van der Waals surface area (Å²) in [6.07, 6.45) is 11.2. The lowest BCUT2D eigenvalue weighted by Gasteiger charge is -2.02. The fourth-order valence-electron chi connectivity index (χ4n) is 1.01. The first-order chi connectivity index (χ1) is 6.61. The molecule has 0 aromatic heterocycles. The van der Waals surface area contributed by atoms with Crippen LogP contribution in [-0.2, 0) is 0 Å². The molecule has 0 unspecified atom stereocenters. The predicted molar refractivity (Wildman–Crippen MR) is 66.3 cm³/mol. The topological polar surface area (TPSA) is 0 Å². The van der Waals surface area contributed by atoms with Crippen molar-refractivity contribution < 1.29 is 0 Å². The van der Waals surface area contributed by atoms with Gasteiger partial charge in [-0.3, -0.25) is 0 Å². The second-order valence-electron chi connectivity index (χ2n) is 3.28. The van der Waals surface area contributed by atoms with Crippen molar-refractivity contribution in [3.05, 3.63) is 60.3 Å². The highest BCUT2D eigenvalue weighted by atomic mass is 14.0. The SMILES string of the molecule is C=C(C)/C=C\C(=C)/C(=C/C=C\C)CC. The second kappa shape index (κ2) is 7.14. The van der Waals surface area contributed by atoms with E-state index in [0.717, 1.165) is 17.6 Å². The highest BCUT2D eigenvalue weighted by Gasteiger charge is 1.94. The van der Waals surface area contributed by atoms with E-state index in [2.05, 4.69) is 26.2 Å². The van der Waals surface area contributed by atoms with Gasteiger partial charge in [-0.2, -0.15) is 0 Å². The molecule has 0 saturated carbocycles. The molecule has 14 heavy (non-hydrogen) atoms. The third-order valence-electron chi connectivity index (χ3n) is 1.85. The fourth-order valence-corrected chi connectivity index (χ4v) is 1.01. The first-order valence-corrected chi connectivity index (χ1v) is 4.96. The van der Waals surface area contributed by atoms with E-state index < -0.39 is 0 Å². The fraction of sp³-hybridized carbons (Fsp3) is 0.286. The average molecular weight is 188 g/mol. The lowest BCUT2D eigenvalue weighted by Crippen LogP contribution is -1.82. The molecule has 0 heteroatoms. The maximum absolute atomic E-state index is 4.02. The summed E-state index contributed by atoms with van der Waals surface area (Å²) in [5.41, 5.74) is 3.38. The third-order valence-corrected chi connectivity index (χ3v) is 1.85. The monoisotopic (exact) mass is 188 g/mol. The van der Waals surface area contributed by atoms with Gasteiger partial charge in [0.05, 0.1) is 0 Å². The van der Waals surface area contributed by atoms with Gasteiger partial charge in [-0.15, -0.1) is 0 Å². The van der Waals surface area contributed by atoms with Crippen molar-refractivity contribution in [2.24, 2.45) is 0 Å². The first-order valence-electron chi connectivity index (χ1n) is 4.96. The largest absolute Gasteiger partial charge is 0.0961 e. The minimum Gasteiger partial charge on any atom is -0.0961 e. The Hall–Kier alpha value is -1.30. The van der Waals surface area contributed by atoms with E-state index >= 15 is 0 Å². The maximum atomic E-state index is 4.02. The Bertz CT molecular complexity index is 285. The normalized spacial score (nSPS) is 12.6.